The summed E-state index contributed by atoms with van der Waals surface area (Å²) < 4.78 is 5.46. The summed E-state index contributed by atoms with van der Waals surface area (Å²) in [5.74, 6) is -1.21. The molecule has 2 aliphatic heterocycles. The van der Waals surface area contributed by atoms with Crippen LogP contribution in [-0.2, 0) is 19.1 Å². The molecule has 0 aromatic heterocycles. The van der Waals surface area contributed by atoms with Crippen molar-refractivity contribution in [2.45, 2.75) is 77.4 Å². The van der Waals surface area contributed by atoms with Crippen LogP contribution in [0.25, 0.3) is 0 Å². The van der Waals surface area contributed by atoms with Crippen LogP contribution in [0.1, 0.15) is 65.7 Å². The number of nitrogens with one attached hydrogen (secondary N) is 2. The fraction of sp³-hybridized carbons (Fsp3) is 0.792. The lowest BCUT2D eigenvalue weighted by Gasteiger charge is -2.36. The van der Waals surface area contributed by atoms with Crippen LogP contribution >= 0.6 is 11.8 Å². The smallest absolute Gasteiger partial charge is 0.410 e. The highest BCUT2D eigenvalue weighted by atomic mass is 32.2. The molecule has 11 heteroatoms. The molecule has 0 aromatic rings. The molecule has 2 heterocycles. The van der Waals surface area contributed by atoms with E-state index >= 15 is 0 Å². The maximum Gasteiger partial charge on any atom is 0.410 e. The van der Waals surface area contributed by atoms with Crippen LogP contribution in [0.15, 0.2) is 5.10 Å². The second kappa shape index (κ2) is 12.1. The third kappa shape index (κ3) is 7.85. The van der Waals surface area contributed by atoms with Crippen LogP contribution in [0.2, 0.25) is 0 Å². The number of piperidine rings is 1. The molecule has 1 saturated carbocycles. The summed E-state index contributed by atoms with van der Waals surface area (Å²) in [5.41, 5.74) is 1.79. The lowest BCUT2D eigenvalue weighted by molar-refractivity contribution is -0.142. The molecule has 1 aliphatic carbocycles. The molecule has 1 unspecified atom stereocenters. The van der Waals surface area contributed by atoms with E-state index in [1.165, 1.54) is 11.8 Å². The minimum absolute atomic E-state index is 0.132. The maximum absolute atomic E-state index is 13.2. The van der Waals surface area contributed by atoms with Crippen LogP contribution in [0.3, 0.4) is 0 Å². The van der Waals surface area contributed by atoms with E-state index in [1.807, 2.05) is 32.7 Å². The van der Waals surface area contributed by atoms with Crippen molar-refractivity contribution in [1.29, 1.82) is 0 Å². The molecule has 10 nitrogen and oxygen atoms in total. The lowest BCUT2D eigenvalue weighted by atomic mass is 9.84. The van der Waals surface area contributed by atoms with E-state index < -0.39 is 29.4 Å². The first-order valence-corrected chi connectivity index (χ1v) is 13.6. The summed E-state index contributed by atoms with van der Waals surface area (Å²) in [6.45, 7) is 7.07. The average molecular weight is 510 g/mol. The molecule has 2 saturated heterocycles. The number of carbonyl (C=O) groups excluding carboxylic acids is 4. The number of hydrogen-bond acceptors (Lipinski definition) is 7. The third-order valence-electron chi connectivity index (χ3n) is 6.68. The molecule has 0 radical (unpaired) electrons. The molecule has 3 amide bonds. The van der Waals surface area contributed by atoms with Gasteiger partial charge in [0.25, 0.3) is 0 Å². The second-order valence-electron chi connectivity index (χ2n) is 10.6. The molecular weight excluding hydrogens is 470 g/mol. The predicted molar refractivity (Wildman–Crippen MR) is 135 cm³/mol. The fourth-order valence-corrected chi connectivity index (χ4v) is 5.64. The number of ether oxygens (including phenoxy) is 1. The number of rotatable bonds is 6. The Morgan fingerprint density at radius 2 is 1.69 bits per heavy atom. The van der Waals surface area contributed by atoms with Crippen molar-refractivity contribution in [1.82, 2.24) is 20.5 Å². The highest BCUT2D eigenvalue weighted by Gasteiger charge is 2.38. The Bertz CT molecular complexity index is 829. The molecule has 3 aliphatic rings. The zero-order chi connectivity index (χ0) is 25.6. The first kappa shape index (κ1) is 27.3. The maximum atomic E-state index is 13.2. The van der Waals surface area contributed by atoms with Gasteiger partial charge in [0.05, 0.1) is 0 Å². The van der Waals surface area contributed by atoms with E-state index in [1.54, 1.807) is 4.90 Å². The van der Waals surface area contributed by atoms with Gasteiger partial charge >= 0.3 is 12.0 Å². The van der Waals surface area contributed by atoms with Crippen molar-refractivity contribution >= 4 is 40.6 Å². The Morgan fingerprint density at radius 3 is 2.26 bits per heavy atom. The Hall–Kier alpha value is -2.30. The molecule has 1 atom stereocenters. The van der Waals surface area contributed by atoms with Crippen molar-refractivity contribution in [3.8, 4) is 0 Å². The van der Waals surface area contributed by atoms with Crippen molar-refractivity contribution < 1.29 is 23.9 Å². The van der Waals surface area contributed by atoms with Crippen molar-refractivity contribution in [3.63, 3.8) is 0 Å². The minimum atomic E-state index is -0.945. The SMILES string of the molecule is CN1CCS/C1=N\NC(=O)C(=O)C(NC(=O)C1CCCCC1)C1CCN(C(=O)OC(C)(C)C)CC1. The summed E-state index contributed by atoms with van der Waals surface area (Å²) in [4.78, 5) is 54.9. The second-order valence-corrected chi connectivity index (χ2v) is 11.7. The van der Waals surface area contributed by atoms with Crippen LogP contribution in [-0.4, -0.2) is 82.7 Å². The van der Waals surface area contributed by atoms with E-state index in [9.17, 15) is 19.2 Å². The van der Waals surface area contributed by atoms with Crippen LogP contribution < -0.4 is 10.7 Å². The highest BCUT2D eigenvalue weighted by Crippen LogP contribution is 2.27. The number of Topliss-reactive ketones (excluding diaryl/α,β-unsaturated/α-hetero) is 1. The van der Waals surface area contributed by atoms with Crippen LogP contribution in [0, 0.1) is 11.8 Å². The summed E-state index contributed by atoms with van der Waals surface area (Å²) in [5, 5.41) is 7.65. The average Bonchev–Trinajstić information content (AvgIpc) is 3.24. The molecule has 0 bridgehead atoms. The van der Waals surface area contributed by atoms with Gasteiger partial charge in [-0.25, -0.2) is 10.2 Å². The largest absolute Gasteiger partial charge is 0.444 e. The number of nitrogens with zero attached hydrogens (tertiary/aromatic N) is 3. The van der Waals surface area contributed by atoms with E-state index in [2.05, 4.69) is 15.8 Å². The minimum Gasteiger partial charge on any atom is -0.444 e. The Morgan fingerprint density at radius 1 is 1.03 bits per heavy atom. The number of ketones is 1. The predicted octanol–water partition coefficient (Wildman–Crippen LogP) is 2.33. The van der Waals surface area contributed by atoms with Crippen molar-refractivity contribution in [3.05, 3.63) is 0 Å². The molecule has 0 aromatic carbocycles. The Kier molecular flexibility index (Phi) is 9.43. The highest BCUT2D eigenvalue weighted by molar-refractivity contribution is 8.14. The van der Waals surface area contributed by atoms with Crippen LogP contribution in [0.4, 0.5) is 4.79 Å². The number of hydrazone groups is 1. The summed E-state index contributed by atoms with van der Waals surface area (Å²) in [7, 11) is 1.87. The molecule has 3 rings (SSSR count). The zero-order valence-corrected chi connectivity index (χ0v) is 22.1. The van der Waals surface area contributed by atoms with Gasteiger partial charge in [-0.15, -0.1) is 5.10 Å². The van der Waals surface area contributed by atoms with Gasteiger partial charge in [-0.05, 0) is 52.4 Å². The Balaban J connectivity index is 1.66. The quantitative estimate of drug-likeness (QED) is 0.416. The van der Waals surface area contributed by atoms with Gasteiger partial charge in [0.2, 0.25) is 11.7 Å². The molecule has 3 fully saturated rings. The van der Waals surface area contributed by atoms with Gasteiger partial charge in [-0.1, -0.05) is 31.0 Å². The molecule has 196 valence electrons. The monoisotopic (exact) mass is 509 g/mol. The summed E-state index contributed by atoms with van der Waals surface area (Å²) in [6.07, 6.45) is 5.28. The normalized spacial score (nSPS) is 22.1. The molecule has 2 N–H and O–H groups in total. The fourth-order valence-electron chi connectivity index (χ4n) is 4.67. The first-order chi connectivity index (χ1) is 16.5. The topological polar surface area (TPSA) is 120 Å². The Labute approximate surface area is 211 Å². The molecule has 35 heavy (non-hydrogen) atoms. The van der Waals surface area contributed by atoms with Gasteiger partial charge in [0.15, 0.2) is 5.17 Å². The number of amides is 3. The van der Waals surface area contributed by atoms with Gasteiger partial charge < -0.3 is 19.9 Å². The van der Waals surface area contributed by atoms with Crippen molar-refractivity contribution in [2.75, 3.05) is 32.4 Å². The summed E-state index contributed by atoms with van der Waals surface area (Å²) >= 11 is 1.51. The molecular formula is C24H39N5O5S. The van der Waals surface area contributed by atoms with Gasteiger partial charge in [-0.3, -0.25) is 14.4 Å². The number of amidine groups is 1. The first-order valence-electron chi connectivity index (χ1n) is 12.6. The number of hydrogen-bond donors (Lipinski definition) is 2. The van der Waals surface area contributed by atoms with E-state index in [0.29, 0.717) is 31.1 Å². The van der Waals surface area contributed by atoms with Crippen LogP contribution in [0.5, 0.6) is 0 Å². The van der Waals surface area contributed by atoms with Crippen molar-refractivity contribution in [2.24, 2.45) is 16.9 Å². The lowest BCUT2D eigenvalue weighted by Crippen LogP contribution is -2.55. The number of carbonyl (C=O) groups is 4. The zero-order valence-electron chi connectivity index (χ0n) is 21.3. The number of likely N-dealkylation sites (tertiary alicyclic amines) is 1. The van der Waals surface area contributed by atoms with E-state index in [4.69, 9.17) is 4.74 Å². The third-order valence-corrected chi connectivity index (χ3v) is 7.73. The standard InChI is InChI=1S/C24H39N5O5S/c1-24(2,3)34-23(33)29-12-10-16(11-13-29)18(25-20(31)17-8-6-5-7-9-17)19(30)21(32)26-27-22-28(4)14-15-35-22/h16-18H,5-15H2,1-4H3,(H,25,31)(H,26,32)/b27-22-. The summed E-state index contributed by atoms with van der Waals surface area (Å²) in [6, 6.07) is -0.945. The van der Waals surface area contributed by atoms with E-state index in [-0.39, 0.29) is 17.7 Å². The van der Waals surface area contributed by atoms with Gasteiger partial charge in [-0.2, -0.15) is 0 Å². The number of thioether (sulfide) groups is 1. The van der Waals surface area contributed by atoms with E-state index in [0.717, 1.165) is 44.4 Å². The molecule has 0 spiro atoms. The van der Waals surface area contributed by atoms with Gasteiger partial charge in [0, 0.05) is 38.4 Å². The van der Waals surface area contributed by atoms with Gasteiger partial charge in [0.1, 0.15) is 11.6 Å².